The van der Waals surface area contributed by atoms with Crippen LogP contribution in [-0.2, 0) is 20.1 Å². The highest BCUT2D eigenvalue weighted by atomic mass is 15.4. The molecule has 0 unspecified atom stereocenters. The van der Waals surface area contributed by atoms with E-state index in [2.05, 4.69) is 48.2 Å². The first kappa shape index (κ1) is 13.7. The molecule has 0 saturated carbocycles. The quantitative estimate of drug-likeness (QED) is 0.879. The zero-order chi connectivity index (χ0) is 14.0. The summed E-state index contributed by atoms with van der Waals surface area (Å²) in [6, 6.07) is 0.473. The van der Waals surface area contributed by atoms with Crippen LogP contribution < -0.4 is 5.32 Å². The molecule has 0 saturated heterocycles. The van der Waals surface area contributed by atoms with Crippen molar-refractivity contribution in [2.24, 2.45) is 7.05 Å². The van der Waals surface area contributed by atoms with Gasteiger partial charge in [0.15, 0.2) is 0 Å². The fourth-order valence-corrected chi connectivity index (χ4v) is 2.05. The van der Waals surface area contributed by atoms with E-state index in [1.54, 1.807) is 11.0 Å². The Bertz CT molecular complexity index is 551. The second kappa shape index (κ2) is 5.52. The lowest BCUT2D eigenvalue weighted by atomic mass is 10.2. The fraction of sp³-hybridized carbons (Fsp3) is 0.615. The summed E-state index contributed by atoms with van der Waals surface area (Å²) < 4.78 is 3.78. The van der Waals surface area contributed by atoms with Crippen molar-refractivity contribution < 1.29 is 0 Å². The lowest BCUT2D eigenvalue weighted by molar-refractivity contribution is 0.579. The van der Waals surface area contributed by atoms with Crippen molar-refractivity contribution in [3.8, 4) is 0 Å². The predicted octanol–water partition coefficient (Wildman–Crippen LogP) is 1.17. The van der Waals surface area contributed by atoms with E-state index in [9.17, 15) is 0 Å². The minimum absolute atomic E-state index is 0.473. The summed E-state index contributed by atoms with van der Waals surface area (Å²) in [5, 5.41) is 12.1. The maximum absolute atomic E-state index is 4.60. The van der Waals surface area contributed by atoms with E-state index in [1.807, 2.05) is 11.7 Å². The summed E-state index contributed by atoms with van der Waals surface area (Å²) in [5.74, 6) is 0.911. The highest BCUT2D eigenvalue weighted by Gasteiger charge is 2.13. The van der Waals surface area contributed by atoms with Crippen molar-refractivity contribution in [3.63, 3.8) is 0 Å². The topological polar surface area (TPSA) is 60.6 Å². The molecule has 6 nitrogen and oxygen atoms in total. The minimum atomic E-state index is 0.473. The van der Waals surface area contributed by atoms with E-state index in [0.29, 0.717) is 12.6 Å². The maximum atomic E-state index is 4.60. The Balaban J connectivity index is 2.19. The van der Waals surface area contributed by atoms with E-state index in [0.717, 1.165) is 18.1 Å². The Morgan fingerprint density at radius 2 is 2.05 bits per heavy atom. The van der Waals surface area contributed by atoms with Gasteiger partial charge >= 0.3 is 0 Å². The summed E-state index contributed by atoms with van der Waals surface area (Å²) >= 11 is 0. The lowest BCUT2D eigenvalue weighted by Crippen LogP contribution is -2.22. The van der Waals surface area contributed by atoms with Gasteiger partial charge in [-0.2, -0.15) is 10.2 Å². The van der Waals surface area contributed by atoms with Crippen molar-refractivity contribution in [1.29, 1.82) is 0 Å². The molecule has 1 N–H and O–H groups in total. The molecule has 0 fully saturated rings. The van der Waals surface area contributed by atoms with Crippen LogP contribution in [0.25, 0.3) is 0 Å². The van der Waals surface area contributed by atoms with Crippen LogP contribution in [0.4, 0.5) is 0 Å². The van der Waals surface area contributed by atoms with Gasteiger partial charge in [-0.1, -0.05) is 13.8 Å². The summed E-state index contributed by atoms with van der Waals surface area (Å²) in [6.07, 6.45) is 1.57. The van der Waals surface area contributed by atoms with Crippen LogP contribution in [-0.4, -0.2) is 30.6 Å². The summed E-state index contributed by atoms with van der Waals surface area (Å²) in [7, 11) is 1.90. The molecule has 0 atom stereocenters. The Labute approximate surface area is 113 Å². The van der Waals surface area contributed by atoms with Crippen molar-refractivity contribution in [1.82, 2.24) is 29.9 Å². The van der Waals surface area contributed by atoms with Crippen molar-refractivity contribution in [2.75, 3.05) is 0 Å². The second-order valence-electron chi connectivity index (χ2n) is 5.14. The van der Waals surface area contributed by atoms with E-state index < -0.39 is 0 Å². The zero-order valence-corrected chi connectivity index (χ0v) is 12.3. The van der Waals surface area contributed by atoms with Gasteiger partial charge in [-0.05, 0) is 13.8 Å². The van der Waals surface area contributed by atoms with Crippen molar-refractivity contribution in [2.45, 2.75) is 46.8 Å². The molecule has 2 heterocycles. The molecule has 0 spiro atoms. The highest BCUT2D eigenvalue weighted by molar-refractivity contribution is 5.24. The van der Waals surface area contributed by atoms with Gasteiger partial charge in [0.1, 0.15) is 18.7 Å². The van der Waals surface area contributed by atoms with E-state index in [-0.39, 0.29) is 0 Å². The van der Waals surface area contributed by atoms with Crippen LogP contribution in [0.15, 0.2) is 6.33 Å². The number of rotatable bonds is 5. The Morgan fingerprint density at radius 1 is 1.32 bits per heavy atom. The summed E-state index contributed by atoms with van der Waals surface area (Å²) in [5.41, 5.74) is 3.54. The Hall–Kier alpha value is -1.69. The average Bonchev–Trinajstić information content (AvgIpc) is 2.84. The van der Waals surface area contributed by atoms with Crippen LogP contribution in [0, 0.1) is 13.8 Å². The van der Waals surface area contributed by atoms with E-state index in [4.69, 9.17) is 0 Å². The molecule has 6 heteroatoms. The SMILES string of the molecule is Cc1nn(Cc2ncnn2C)c(C)c1CNC(C)C. The third-order valence-electron chi connectivity index (χ3n) is 3.31. The molecular formula is C13H22N6. The van der Waals surface area contributed by atoms with Gasteiger partial charge in [-0.3, -0.25) is 9.36 Å². The van der Waals surface area contributed by atoms with Gasteiger partial charge in [0.25, 0.3) is 0 Å². The molecule has 0 aliphatic carbocycles. The normalized spacial score (nSPS) is 11.5. The Kier molecular flexibility index (Phi) is 3.99. The van der Waals surface area contributed by atoms with Gasteiger partial charge < -0.3 is 5.32 Å². The van der Waals surface area contributed by atoms with Gasteiger partial charge in [0.05, 0.1) is 5.69 Å². The zero-order valence-electron chi connectivity index (χ0n) is 12.3. The molecule has 2 aromatic rings. The number of aromatic nitrogens is 5. The van der Waals surface area contributed by atoms with Crippen LogP contribution in [0.1, 0.15) is 36.6 Å². The molecular weight excluding hydrogens is 240 g/mol. The standard InChI is InChI=1S/C13H22N6/c1-9(2)14-6-12-10(3)17-19(11(12)4)7-13-15-8-16-18(13)5/h8-9,14H,6-7H2,1-5H3. The first-order chi connectivity index (χ1) is 8.99. The van der Waals surface area contributed by atoms with E-state index >= 15 is 0 Å². The van der Waals surface area contributed by atoms with Crippen LogP contribution in [0.3, 0.4) is 0 Å². The lowest BCUT2D eigenvalue weighted by Gasteiger charge is -2.09. The molecule has 0 aliphatic heterocycles. The van der Waals surface area contributed by atoms with E-state index in [1.165, 1.54) is 11.3 Å². The first-order valence-electron chi connectivity index (χ1n) is 6.58. The predicted molar refractivity (Wildman–Crippen MR) is 73.8 cm³/mol. The number of hydrogen-bond donors (Lipinski definition) is 1. The van der Waals surface area contributed by atoms with Gasteiger partial charge in [0, 0.05) is 30.9 Å². The van der Waals surface area contributed by atoms with Crippen LogP contribution in [0.2, 0.25) is 0 Å². The molecule has 0 radical (unpaired) electrons. The smallest absolute Gasteiger partial charge is 0.148 e. The molecule has 2 aromatic heterocycles. The summed E-state index contributed by atoms with van der Waals surface area (Å²) in [6.45, 7) is 9.97. The maximum Gasteiger partial charge on any atom is 0.148 e. The van der Waals surface area contributed by atoms with Gasteiger partial charge in [-0.25, -0.2) is 4.98 Å². The molecule has 0 bridgehead atoms. The average molecular weight is 262 g/mol. The van der Waals surface area contributed by atoms with Crippen molar-refractivity contribution in [3.05, 3.63) is 29.1 Å². The Morgan fingerprint density at radius 3 is 2.63 bits per heavy atom. The number of hydrogen-bond acceptors (Lipinski definition) is 4. The molecule has 0 aliphatic rings. The number of aryl methyl sites for hydroxylation is 2. The first-order valence-corrected chi connectivity index (χ1v) is 6.58. The molecule has 0 amide bonds. The molecule has 104 valence electrons. The fourth-order valence-electron chi connectivity index (χ4n) is 2.05. The molecule has 0 aromatic carbocycles. The summed E-state index contributed by atoms with van der Waals surface area (Å²) in [4.78, 5) is 4.24. The van der Waals surface area contributed by atoms with Crippen molar-refractivity contribution >= 4 is 0 Å². The third kappa shape index (κ3) is 3.01. The van der Waals surface area contributed by atoms with Gasteiger partial charge in [0.2, 0.25) is 0 Å². The second-order valence-corrected chi connectivity index (χ2v) is 5.14. The molecule has 19 heavy (non-hydrogen) atoms. The minimum Gasteiger partial charge on any atom is -0.310 e. The molecule has 2 rings (SSSR count). The number of nitrogens with one attached hydrogen (secondary N) is 1. The monoisotopic (exact) mass is 262 g/mol. The van der Waals surface area contributed by atoms with Crippen LogP contribution >= 0.6 is 0 Å². The van der Waals surface area contributed by atoms with Gasteiger partial charge in [-0.15, -0.1) is 0 Å². The largest absolute Gasteiger partial charge is 0.310 e. The third-order valence-corrected chi connectivity index (χ3v) is 3.31. The van der Waals surface area contributed by atoms with Crippen LogP contribution in [0.5, 0.6) is 0 Å². The number of nitrogens with zero attached hydrogens (tertiary/aromatic N) is 5. The highest BCUT2D eigenvalue weighted by Crippen LogP contribution is 2.14.